The molecule has 0 saturated heterocycles. The molecule has 0 saturated carbocycles. The second-order valence-corrected chi connectivity index (χ2v) is 11.8. The van der Waals surface area contributed by atoms with Crippen LogP contribution in [0.4, 0.5) is 0 Å². The molecule has 0 aliphatic rings. The van der Waals surface area contributed by atoms with Crippen molar-refractivity contribution in [3.8, 4) is 0 Å². The van der Waals surface area contributed by atoms with Gasteiger partial charge in [-0.05, 0) is 25.8 Å². The molecule has 216 valence electrons. The molecule has 0 N–H and O–H groups in total. The molecule has 0 aromatic carbocycles. The minimum Gasteiger partial charge on any atom is -0.435 e. The van der Waals surface area contributed by atoms with Crippen molar-refractivity contribution in [3.05, 3.63) is 12.3 Å². The maximum absolute atomic E-state index is 11.2. The first-order valence-corrected chi connectivity index (χ1v) is 17.5. The number of rotatable bonds is 31. The van der Waals surface area contributed by atoms with Gasteiger partial charge in [0, 0.05) is 0 Å². The van der Waals surface area contributed by atoms with Crippen LogP contribution in [0.3, 0.4) is 0 Å². The average molecular weight is 529 g/mol. The molecule has 0 radical (unpaired) electrons. The molecule has 3 nitrogen and oxygen atoms in total. The van der Waals surface area contributed by atoms with Gasteiger partial charge in [0.2, 0.25) is 0 Å². The molecule has 0 aliphatic carbocycles. The van der Waals surface area contributed by atoms with E-state index in [1.165, 1.54) is 173 Å². The van der Waals surface area contributed by atoms with Crippen LogP contribution < -0.4 is 0 Å². The highest BCUT2D eigenvalue weighted by Crippen LogP contribution is 2.23. The Hall–Kier alpha value is -0.270. The normalized spacial score (nSPS) is 12.5. The quantitative estimate of drug-likeness (QED) is 0.0510. The van der Waals surface area contributed by atoms with Gasteiger partial charge in [-0.1, -0.05) is 167 Å². The Morgan fingerprint density at radius 1 is 0.472 bits per heavy atom. The summed E-state index contributed by atoms with van der Waals surface area (Å²) in [6.07, 6.45) is 41.6. The minimum absolute atomic E-state index is 0.436. The smallest absolute Gasteiger partial charge is 0.367 e. The molecule has 0 bridgehead atoms. The van der Waals surface area contributed by atoms with E-state index in [0.29, 0.717) is 6.61 Å². The third-order valence-corrected chi connectivity index (χ3v) is 8.10. The van der Waals surface area contributed by atoms with Crippen molar-refractivity contribution in [2.75, 3.05) is 6.61 Å². The van der Waals surface area contributed by atoms with E-state index in [2.05, 4.69) is 6.92 Å². The van der Waals surface area contributed by atoms with Crippen LogP contribution in [-0.4, -0.2) is 6.61 Å². The lowest BCUT2D eigenvalue weighted by Crippen LogP contribution is -1.84. The van der Waals surface area contributed by atoms with E-state index in [4.69, 9.17) is 9.05 Å². The number of allylic oxidation sites excluding steroid dienone is 1. The fraction of sp³-hybridized carbons (Fsp3) is 0.938. The van der Waals surface area contributed by atoms with Gasteiger partial charge in [-0.2, -0.15) is 0 Å². The highest BCUT2D eigenvalue weighted by molar-refractivity contribution is 7.33. The van der Waals surface area contributed by atoms with Crippen LogP contribution in [0.1, 0.15) is 187 Å². The average Bonchev–Trinajstić information content (AvgIpc) is 2.88. The van der Waals surface area contributed by atoms with Gasteiger partial charge >= 0.3 is 8.25 Å². The fourth-order valence-corrected chi connectivity index (χ4v) is 5.41. The predicted octanol–water partition coefficient (Wildman–Crippen LogP) is 12.5. The second-order valence-electron chi connectivity index (χ2n) is 10.8. The Kier molecular flexibility index (Phi) is 32.5. The van der Waals surface area contributed by atoms with E-state index in [1.54, 1.807) is 0 Å². The van der Waals surface area contributed by atoms with Crippen molar-refractivity contribution in [1.29, 1.82) is 0 Å². The number of unbranched alkanes of at least 4 members (excludes halogenated alkanes) is 26. The molecule has 1 atom stereocenters. The summed E-state index contributed by atoms with van der Waals surface area (Å²) in [4.78, 5) is 0. The predicted molar refractivity (Wildman–Crippen MR) is 161 cm³/mol. The molecule has 1 unspecified atom stereocenters. The summed E-state index contributed by atoms with van der Waals surface area (Å²) < 4.78 is 21.0. The molecule has 0 heterocycles. The summed E-state index contributed by atoms with van der Waals surface area (Å²) in [6, 6.07) is 0. The van der Waals surface area contributed by atoms with Crippen molar-refractivity contribution < 1.29 is 13.6 Å². The lowest BCUT2D eigenvalue weighted by atomic mass is 10.0. The minimum atomic E-state index is -2.31. The molecule has 36 heavy (non-hydrogen) atoms. The number of hydrogen-bond acceptors (Lipinski definition) is 3. The van der Waals surface area contributed by atoms with E-state index >= 15 is 0 Å². The zero-order valence-corrected chi connectivity index (χ0v) is 25.7. The summed E-state index contributed by atoms with van der Waals surface area (Å²) >= 11 is 0. The molecule has 0 amide bonds. The maximum Gasteiger partial charge on any atom is 0.367 e. The van der Waals surface area contributed by atoms with Gasteiger partial charge in [-0.3, -0.25) is 0 Å². The number of hydrogen-bond donors (Lipinski definition) is 0. The van der Waals surface area contributed by atoms with Gasteiger partial charge in [0.15, 0.2) is 0 Å². The van der Waals surface area contributed by atoms with Crippen molar-refractivity contribution in [2.45, 2.75) is 187 Å². The summed E-state index contributed by atoms with van der Waals surface area (Å²) in [5, 5.41) is 0. The van der Waals surface area contributed by atoms with Gasteiger partial charge in [0.1, 0.15) is 0 Å². The van der Waals surface area contributed by atoms with Gasteiger partial charge in [-0.25, -0.2) is 4.57 Å². The Balaban J connectivity index is 3.08. The zero-order chi connectivity index (χ0) is 26.2. The third kappa shape index (κ3) is 31.8. The van der Waals surface area contributed by atoms with Crippen molar-refractivity contribution in [1.82, 2.24) is 0 Å². The second kappa shape index (κ2) is 32.8. The lowest BCUT2D eigenvalue weighted by molar-refractivity contribution is 0.285. The Morgan fingerprint density at radius 2 is 0.778 bits per heavy atom. The van der Waals surface area contributed by atoms with Gasteiger partial charge in [0.05, 0.1) is 12.9 Å². The topological polar surface area (TPSA) is 35.5 Å². The first-order valence-electron chi connectivity index (χ1n) is 16.3. The van der Waals surface area contributed by atoms with Crippen LogP contribution in [0.25, 0.3) is 0 Å². The molecule has 0 aromatic rings. The molecule has 0 rings (SSSR count). The maximum atomic E-state index is 11.2. The van der Waals surface area contributed by atoms with Crippen LogP contribution in [0.5, 0.6) is 0 Å². The summed E-state index contributed by atoms with van der Waals surface area (Å²) in [5.41, 5.74) is 0. The van der Waals surface area contributed by atoms with Crippen LogP contribution in [-0.2, 0) is 13.6 Å². The van der Waals surface area contributed by atoms with Crippen molar-refractivity contribution in [3.63, 3.8) is 0 Å². The van der Waals surface area contributed by atoms with Crippen LogP contribution in [0.2, 0.25) is 0 Å². The monoisotopic (exact) mass is 528 g/mol. The Bertz CT molecular complexity index is 453. The molecule has 0 aromatic heterocycles. The first kappa shape index (κ1) is 35.7. The van der Waals surface area contributed by atoms with Crippen LogP contribution in [0, 0.1) is 0 Å². The SMILES string of the molecule is CCCCCCCCCCCCCCCCCCCCCCCCCCCC/C=C/O[PH](=O)OCC. The van der Waals surface area contributed by atoms with Crippen molar-refractivity contribution >= 4 is 8.25 Å². The largest absolute Gasteiger partial charge is 0.435 e. The fourth-order valence-electron chi connectivity index (χ4n) is 4.90. The molecule has 0 aliphatic heterocycles. The molecule has 0 spiro atoms. The van der Waals surface area contributed by atoms with Gasteiger partial charge < -0.3 is 9.05 Å². The van der Waals surface area contributed by atoms with Gasteiger partial charge in [0.25, 0.3) is 0 Å². The van der Waals surface area contributed by atoms with Crippen LogP contribution in [0.15, 0.2) is 12.3 Å². The highest BCUT2D eigenvalue weighted by atomic mass is 31.1. The highest BCUT2D eigenvalue weighted by Gasteiger charge is 1.97. The van der Waals surface area contributed by atoms with E-state index in [0.717, 1.165) is 6.42 Å². The van der Waals surface area contributed by atoms with Crippen LogP contribution >= 0.6 is 8.25 Å². The first-order chi connectivity index (χ1) is 17.8. The molecule has 0 fully saturated rings. The van der Waals surface area contributed by atoms with E-state index in [-0.39, 0.29) is 0 Å². The van der Waals surface area contributed by atoms with Gasteiger partial charge in [-0.15, -0.1) is 0 Å². The summed E-state index contributed by atoms with van der Waals surface area (Å²) in [5.74, 6) is 0. The Morgan fingerprint density at radius 3 is 1.08 bits per heavy atom. The summed E-state index contributed by atoms with van der Waals surface area (Å²) in [6.45, 7) is 4.55. The molecule has 4 heteroatoms. The standard InChI is InChI=1S/C32H65O3P/c1-3-5-6-7-8-9-10-11-12-13-14-15-16-17-18-19-20-21-22-23-24-25-26-27-28-29-30-31-32-35-36(33)34-4-2/h31-32,36H,3-30H2,1-2H3/b32-31+. The van der Waals surface area contributed by atoms with E-state index < -0.39 is 8.25 Å². The zero-order valence-electron chi connectivity index (χ0n) is 24.7. The van der Waals surface area contributed by atoms with Crippen molar-refractivity contribution in [2.24, 2.45) is 0 Å². The summed E-state index contributed by atoms with van der Waals surface area (Å²) in [7, 11) is -2.31. The molecular weight excluding hydrogens is 463 g/mol. The Labute approximate surface area is 227 Å². The lowest BCUT2D eigenvalue weighted by Gasteiger charge is -2.04. The van der Waals surface area contributed by atoms with E-state index in [9.17, 15) is 4.57 Å². The molecular formula is C32H65O3P. The van der Waals surface area contributed by atoms with E-state index in [1.807, 2.05) is 13.0 Å². The third-order valence-electron chi connectivity index (χ3n) is 7.25.